The summed E-state index contributed by atoms with van der Waals surface area (Å²) in [5, 5.41) is 14.1. The van der Waals surface area contributed by atoms with Crippen LogP contribution in [0, 0.1) is 0 Å². The Morgan fingerprint density at radius 2 is 2.50 bits per heavy atom. The zero-order chi connectivity index (χ0) is 11.5. The van der Waals surface area contributed by atoms with Crippen LogP contribution in [0.4, 0.5) is 0 Å². The molecular formula is C10H11N3O2S. The molecule has 0 radical (unpaired) electrons. The second kappa shape index (κ2) is 4.46. The Balaban J connectivity index is 2.29. The summed E-state index contributed by atoms with van der Waals surface area (Å²) in [6.07, 6.45) is 1.81. The van der Waals surface area contributed by atoms with Crippen molar-refractivity contribution in [1.82, 2.24) is 15.3 Å². The summed E-state index contributed by atoms with van der Waals surface area (Å²) in [6.45, 7) is 0. The molecule has 2 rings (SSSR count). The van der Waals surface area contributed by atoms with E-state index in [9.17, 15) is 4.79 Å². The van der Waals surface area contributed by atoms with Gasteiger partial charge in [0.05, 0.1) is 11.4 Å². The van der Waals surface area contributed by atoms with Crippen LogP contribution in [0.5, 0.6) is 0 Å². The van der Waals surface area contributed by atoms with Crippen LogP contribution < -0.4 is 5.32 Å². The summed E-state index contributed by atoms with van der Waals surface area (Å²) in [4.78, 5) is 18.2. The Bertz CT molecular complexity index is 478. The van der Waals surface area contributed by atoms with Crippen LogP contribution in [0.25, 0.3) is 11.4 Å². The number of carbonyl (C=O) groups is 1. The molecule has 2 aromatic rings. The molecule has 6 heteroatoms. The van der Waals surface area contributed by atoms with Gasteiger partial charge in [0, 0.05) is 11.6 Å². The van der Waals surface area contributed by atoms with Gasteiger partial charge in [-0.05, 0) is 19.2 Å². The lowest BCUT2D eigenvalue weighted by Gasteiger charge is -2.06. The monoisotopic (exact) mass is 237 g/mol. The summed E-state index contributed by atoms with van der Waals surface area (Å²) < 4.78 is 0. The number of hydrogen-bond acceptors (Lipinski definition) is 4. The zero-order valence-electron chi connectivity index (χ0n) is 8.60. The van der Waals surface area contributed by atoms with Gasteiger partial charge >= 0.3 is 5.97 Å². The molecule has 84 valence electrons. The molecule has 2 heterocycles. The molecule has 0 saturated carbocycles. The third kappa shape index (κ3) is 1.98. The number of rotatable bonds is 4. The van der Waals surface area contributed by atoms with E-state index in [2.05, 4.69) is 15.3 Å². The van der Waals surface area contributed by atoms with Gasteiger partial charge in [-0.3, -0.25) is 4.79 Å². The molecule has 0 aromatic carbocycles. The molecule has 5 nitrogen and oxygen atoms in total. The molecule has 0 aliphatic heterocycles. The Labute approximate surface area is 96.2 Å². The van der Waals surface area contributed by atoms with Gasteiger partial charge in [-0.2, -0.15) is 0 Å². The van der Waals surface area contributed by atoms with E-state index in [1.807, 2.05) is 17.5 Å². The fourth-order valence-electron chi connectivity index (χ4n) is 1.39. The number of nitrogens with one attached hydrogen (secondary N) is 2. The van der Waals surface area contributed by atoms with Gasteiger partial charge in [-0.1, -0.05) is 0 Å². The number of H-pyrrole nitrogens is 1. The third-order valence-electron chi connectivity index (χ3n) is 2.18. The lowest BCUT2D eigenvalue weighted by molar-refractivity contribution is -0.139. The van der Waals surface area contributed by atoms with Crippen LogP contribution >= 0.6 is 11.3 Å². The number of nitrogens with zero attached hydrogens (tertiary/aromatic N) is 1. The van der Waals surface area contributed by atoms with Gasteiger partial charge < -0.3 is 15.4 Å². The first-order valence-electron chi connectivity index (χ1n) is 4.71. The standard InChI is InChI=1S/C10H11N3O2S/c1-11-8(10(14)15)9-13-7(5-16-9)6-3-2-4-12-6/h2-5,8,11-12H,1H3,(H,14,15). The molecule has 1 unspecified atom stereocenters. The number of aromatic nitrogens is 2. The normalized spacial score (nSPS) is 12.6. The summed E-state index contributed by atoms with van der Waals surface area (Å²) in [5.74, 6) is -0.921. The maximum Gasteiger partial charge on any atom is 0.327 e. The first kappa shape index (κ1) is 10.8. The smallest absolute Gasteiger partial charge is 0.327 e. The van der Waals surface area contributed by atoms with Crippen LogP contribution in [0.1, 0.15) is 11.0 Å². The third-order valence-corrected chi connectivity index (χ3v) is 3.09. The SMILES string of the molecule is CNC(C(=O)O)c1nc(-c2ccc[nH]2)cs1. The van der Waals surface area contributed by atoms with Crippen LogP contribution in [0.3, 0.4) is 0 Å². The molecule has 0 aliphatic carbocycles. The molecule has 0 saturated heterocycles. The predicted octanol–water partition coefficient (Wildman–Crippen LogP) is 1.48. The highest BCUT2D eigenvalue weighted by molar-refractivity contribution is 7.10. The van der Waals surface area contributed by atoms with Crippen molar-refractivity contribution in [2.75, 3.05) is 7.05 Å². The highest BCUT2D eigenvalue weighted by Gasteiger charge is 2.21. The largest absolute Gasteiger partial charge is 0.480 e. The number of thiazole rings is 1. The number of carboxylic acid groups (broad SMARTS) is 1. The molecule has 0 bridgehead atoms. The summed E-state index contributed by atoms with van der Waals surface area (Å²) >= 11 is 1.33. The van der Waals surface area contributed by atoms with E-state index in [4.69, 9.17) is 5.11 Å². The van der Waals surface area contributed by atoms with Gasteiger partial charge in [0.2, 0.25) is 0 Å². The van der Waals surface area contributed by atoms with Crippen molar-refractivity contribution in [2.24, 2.45) is 0 Å². The molecule has 1 atom stereocenters. The Morgan fingerprint density at radius 1 is 1.69 bits per heavy atom. The number of hydrogen-bond donors (Lipinski definition) is 3. The van der Waals surface area contributed by atoms with Crippen molar-refractivity contribution in [3.8, 4) is 11.4 Å². The highest BCUT2D eigenvalue weighted by atomic mass is 32.1. The number of aromatic amines is 1. The molecular weight excluding hydrogens is 226 g/mol. The van der Waals surface area contributed by atoms with E-state index in [1.165, 1.54) is 11.3 Å². The molecule has 2 aromatic heterocycles. The molecule has 3 N–H and O–H groups in total. The van der Waals surface area contributed by atoms with Gasteiger partial charge in [0.1, 0.15) is 5.01 Å². The number of carboxylic acids is 1. The van der Waals surface area contributed by atoms with Crippen molar-refractivity contribution in [2.45, 2.75) is 6.04 Å². The lowest BCUT2D eigenvalue weighted by Crippen LogP contribution is -2.24. The lowest BCUT2D eigenvalue weighted by atomic mass is 10.3. The van der Waals surface area contributed by atoms with Gasteiger partial charge in [0.15, 0.2) is 6.04 Å². The highest BCUT2D eigenvalue weighted by Crippen LogP contribution is 2.24. The Hall–Kier alpha value is -1.66. The van der Waals surface area contributed by atoms with Gasteiger partial charge in [0.25, 0.3) is 0 Å². The minimum atomic E-state index is -0.921. The quantitative estimate of drug-likeness (QED) is 0.752. The van der Waals surface area contributed by atoms with E-state index < -0.39 is 12.0 Å². The minimum Gasteiger partial charge on any atom is -0.480 e. The topological polar surface area (TPSA) is 78.0 Å². The van der Waals surface area contributed by atoms with E-state index in [1.54, 1.807) is 13.2 Å². The van der Waals surface area contributed by atoms with Crippen LogP contribution in [-0.4, -0.2) is 28.1 Å². The van der Waals surface area contributed by atoms with Crippen molar-refractivity contribution in [1.29, 1.82) is 0 Å². The van der Waals surface area contributed by atoms with Crippen molar-refractivity contribution < 1.29 is 9.90 Å². The molecule has 0 amide bonds. The van der Waals surface area contributed by atoms with Crippen LogP contribution in [0.15, 0.2) is 23.7 Å². The Kier molecular flexibility index (Phi) is 3.02. The first-order valence-corrected chi connectivity index (χ1v) is 5.59. The summed E-state index contributed by atoms with van der Waals surface area (Å²) in [6, 6.07) is 3.03. The second-order valence-electron chi connectivity index (χ2n) is 3.21. The molecule has 0 fully saturated rings. The fraction of sp³-hybridized carbons (Fsp3) is 0.200. The van der Waals surface area contributed by atoms with E-state index >= 15 is 0 Å². The van der Waals surface area contributed by atoms with Gasteiger partial charge in [-0.25, -0.2) is 4.98 Å². The van der Waals surface area contributed by atoms with E-state index in [-0.39, 0.29) is 0 Å². The minimum absolute atomic E-state index is 0.555. The van der Waals surface area contributed by atoms with Crippen LogP contribution in [0.2, 0.25) is 0 Å². The molecule has 16 heavy (non-hydrogen) atoms. The number of likely N-dealkylation sites (N-methyl/N-ethyl adjacent to an activating group) is 1. The summed E-state index contributed by atoms with van der Waals surface area (Å²) in [5.41, 5.74) is 1.66. The number of aliphatic carboxylic acids is 1. The van der Waals surface area contributed by atoms with Crippen molar-refractivity contribution >= 4 is 17.3 Å². The zero-order valence-corrected chi connectivity index (χ0v) is 9.41. The maximum atomic E-state index is 10.9. The Morgan fingerprint density at radius 3 is 3.06 bits per heavy atom. The van der Waals surface area contributed by atoms with Crippen LogP contribution in [-0.2, 0) is 4.79 Å². The van der Waals surface area contributed by atoms with Gasteiger partial charge in [-0.15, -0.1) is 11.3 Å². The fourth-order valence-corrected chi connectivity index (χ4v) is 2.30. The molecule has 0 aliphatic rings. The predicted molar refractivity (Wildman–Crippen MR) is 61.3 cm³/mol. The average molecular weight is 237 g/mol. The maximum absolute atomic E-state index is 10.9. The molecule has 0 spiro atoms. The average Bonchev–Trinajstić information content (AvgIpc) is 2.86. The summed E-state index contributed by atoms with van der Waals surface area (Å²) in [7, 11) is 1.61. The first-order chi connectivity index (χ1) is 7.72. The van der Waals surface area contributed by atoms with E-state index in [0.717, 1.165) is 11.4 Å². The van der Waals surface area contributed by atoms with Crippen molar-refractivity contribution in [3.05, 3.63) is 28.7 Å². The van der Waals surface area contributed by atoms with Crippen molar-refractivity contribution in [3.63, 3.8) is 0 Å². The van der Waals surface area contributed by atoms with E-state index in [0.29, 0.717) is 5.01 Å². The second-order valence-corrected chi connectivity index (χ2v) is 4.10.